The smallest absolute Gasteiger partial charge is 0.271 e. The molecule has 0 aliphatic rings. The number of aromatic amines is 1. The SMILES string of the molecule is Cc1nc(C(=O)NC(C)Cn2ccc(-c3ccc(C#N)c(Cl)c3)n2)c[nH]1. The lowest BCUT2D eigenvalue weighted by molar-refractivity contribution is 0.0931. The van der Waals surface area contributed by atoms with Crippen LogP contribution in [0.25, 0.3) is 11.3 Å². The van der Waals surface area contributed by atoms with Crippen molar-refractivity contribution in [1.82, 2.24) is 25.1 Å². The van der Waals surface area contributed by atoms with Gasteiger partial charge in [-0.2, -0.15) is 10.4 Å². The molecule has 0 saturated heterocycles. The minimum absolute atomic E-state index is 0.128. The zero-order valence-corrected chi connectivity index (χ0v) is 15.1. The number of halogens is 1. The number of benzene rings is 1. The van der Waals surface area contributed by atoms with Crippen LogP contribution in [0.5, 0.6) is 0 Å². The number of nitrogens with one attached hydrogen (secondary N) is 2. The lowest BCUT2D eigenvalue weighted by Gasteiger charge is -2.13. The third-order valence-electron chi connectivity index (χ3n) is 3.80. The largest absolute Gasteiger partial charge is 0.348 e. The number of imidazole rings is 1. The number of H-pyrrole nitrogens is 1. The lowest BCUT2D eigenvalue weighted by Crippen LogP contribution is -2.36. The molecule has 26 heavy (non-hydrogen) atoms. The van der Waals surface area contributed by atoms with Gasteiger partial charge in [0.05, 0.1) is 22.8 Å². The van der Waals surface area contributed by atoms with E-state index in [4.69, 9.17) is 16.9 Å². The number of carbonyl (C=O) groups excluding carboxylic acids is 1. The molecule has 3 aromatic rings. The first kappa shape index (κ1) is 17.7. The van der Waals surface area contributed by atoms with E-state index >= 15 is 0 Å². The van der Waals surface area contributed by atoms with Gasteiger partial charge < -0.3 is 10.3 Å². The Kier molecular flexibility index (Phi) is 5.05. The summed E-state index contributed by atoms with van der Waals surface area (Å²) in [6.07, 6.45) is 3.42. The van der Waals surface area contributed by atoms with Gasteiger partial charge in [0.25, 0.3) is 5.91 Å². The van der Waals surface area contributed by atoms with Crippen LogP contribution >= 0.6 is 11.6 Å². The van der Waals surface area contributed by atoms with Crippen LogP contribution in [0, 0.1) is 18.3 Å². The average Bonchev–Trinajstić information content (AvgIpc) is 3.24. The highest BCUT2D eigenvalue weighted by Crippen LogP contribution is 2.24. The van der Waals surface area contributed by atoms with Crippen molar-refractivity contribution in [3.8, 4) is 17.3 Å². The van der Waals surface area contributed by atoms with Crippen molar-refractivity contribution in [3.05, 3.63) is 58.8 Å². The fourth-order valence-electron chi connectivity index (χ4n) is 2.54. The Bertz CT molecular complexity index is 984. The highest BCUT2D eigenvalue weighted by molar-refractivity contribution is 6.32. The quantitative estimate of drug-likeness (QED) is 0.723. The summed E-state index contributed by atoms with van der Waals surface area (Å²) >= 11 is 6.07. The first-order valence-corrected chi connectivity index (χ1v) is 8.40. The molecule has 0 fully saturated rings. The number of hydrogen-bond acceptors (Lipinski definition) is 4. The van der Waals surface area contributed by atoms with Crippen molar-refractivity contribution in [1.29, 1.82) is 5.26 Å². The fourth-order valence-corrected chi connectivity index (χ4v) is 2.76. The second kappa shape index (κ2) is 7.42. The molecular formula is C18H17ClN6O. The van der Waals surface area contributed by atoms with E-state index in [1.165, 1.54) is 0 Å². The monoisotopic (exact) mass is 368 g/mol. The molecule has 2 aromatic heterocycles. The average molecular weight is 369 g/mol. The number of aromatic nitrogens is 4. The molecule has 132 valence electrons. The van der Waals surface area contributed by atoms with Gasteiger partial charge >= 0.3 is 0 Å². The van der Waals surface area contributed by atoms with Crippen LogP contribution < -0.4 is 5.32 Å². The molecule has 2 heterocycles. The van der Waals surface area contributed by atoms with Crippen LogP contribution in [-0.2, 0) is 6.54 Å². The van der Waals surface area contributed by atoms with E-state index in [0.717, 1.165) is 11.3 Å². The number of carbonyl (C=O) groups is 1. The van der Waals surface area contributed by atoms with Crippen molar-refractivity contribution in [2.75, 3.05) is 0 Å². The van der Waals surface area contributed by atoms with E-state index in [0.29, 0.717) is 28.6 Å². The van der Waals surface area contributed by atoms with Crippen molar-refractivity contribution in [2.45, 2.75) is 26.4 Å². The van der Waals surface area contributed by atoms with E-state index < -0.39 is 0 Å². The Labute approximate surface area is 155 Å². The molecule has 0 spiro atoms. The van der Waals surface area contributed by atoms with E-state index in [2.05, 4.69) is 20.4 Å². The van der Waals surface area contributed by atoms with Gasteiger partial charge in [-0.05, 0) is 32.0 Å². The molecule has 1 amide bonds. The lowest BCUT2D eigenvalue weighted by atomic mass is 10.1. The van der Waals surface area contributed by atoms with E-state index in [-0.39, 0.29) is 11.9 Å². The predicted molar refractivity (Wildman–Crippen MR) is 97.6 cm³/mol. The molecule has 1 aromatic carbocycles. The highest BCUT2D eigenvalue weighted by Gasteiger charge is 2.13. The minimum Gasteiger partial charge on any atom is -0.348 e. The van der Waals surface area contributed by atoms with Crippen molar-refractivity contribution < 1.29 is 4.79 Å². The molecule has 3 rings (SSSR count). The highest BCUT2D eigenvalue weighted by atomic mass is 35.5. The topological polar surface area (TPSA) is 99.4 Å². The Morgan fingerprint density at radius 2 is 2.27 bits per heavy atom. The Morgan fingerprint density at radius 3 is 2.92 bits per heavy atom. The number of amides is 1. The van der Waals surface area contributed by atoms with Crippen molar-refractivity contribution in [2.24, 2.45) is 0 Å². The van der Waals surface area contributed by atoms with Crippen LogP contribution in [-0.4, -0.2) is 31.7 Å². The summed E-state index contributed by atoms with van der Waals surface area (Å²) in [5.41, 5.74) is 2.37. The van der Waals surface area contributed by atoms with Gasteiger partial charge in [-0.3, -0.25) is 9.48 Å². The van der Waals surface area contributed by atoms with Crippen LogP contribution in [0.15, 0.2) is 36.7 Å². The van der Waals surface area contributed by atoms with Crippen molar-refractivity contribution >= 4 is 17.5 Å². The number of hydrogen-bond donors (Lipinski definition) is 2. The molecule has 0 aliphatic carbocycles. The maximum absolute atomic E-state index is 12.1. The summed E-state index contributed by atoms with van der Waals surface area (Å²) in [5.74, 6) is 0.466. The van der Waals surface area contributed by atoms with Crippen LogP contribution in [0.1, 0.15) is 28.8 Å². The van der Waals surface area contributed by atoms with Gasteiger partial charge in [-0.15, -0.1) is 0 Å². The summed E-state index contributed by atoms with van der Waals surface area (Å²) in [6.45, 7) is 4.21. The van der Waals surface area contributed by atoms with E-state index in [1.807, 2.05) is 31.3 Å². The zero-order valence-electron chi connectivity index (χ0n) is 14.3. The van der Waals surface area contributed by atoms with Gasteiger partial charge in [0, 0.05) is 24.0 Å². The summed E-state index contributed by atoms with van der Waals surface area (Å²) in [6, 6.07) is 8.97. The van der Waals surface area contributed by atoms with Gasteiger partial charge in [0.1, 0.15) is 17.6 Å². The van der Waals surface area contributed by atoms with Gasteiger partial charge in [-0.25, -0.2) is 4.98 Å². The Hall–Kier alpha value is -3.11. The molecule has 0 bridgehead atoms. The summed E-state index contributed by atoms with van der Waals surface area (Å²) in [7, 11) is 0. The van der Waals surface area contributed by atoms with Gasteiger partial charge in [0.2, 0.25) is 0 Å². The van der Waals surface area contributed by atoms with Gasteiger partial charge in [-0.1, -0.05) is 17.7 Å². The third-order valence-corrected chi connectivity index (χ3v) is 4.12. The predicted octanol–water partition coefficient (Wildman–Crippen LogP) is 2.93. The number of nitrogens with zero attached hydrogens (tertiary/aromatic N) is 4. The Morgan fingerprint density at radius 1 is 1.46 bits per heavy atom. The van der Waals surface area contributed by atoms with Crippen LogP contribution in [0.3, 0.4) is 0 Å². The number of aryl methyl sites for hydroxylation is 1. The first-order chi connectivity index (χ1) is 12.5. The maximum Gasteiger partial charge on any atom is 0.271 e. The van der Waals surface area contributed by atoms with Crippen LogP contribution in [0.2, 0.25) is 5.02 Å². The standard InChI is InChI=1S/C18H17ClN6O/c1-11(22-18(26)17-9-21-12(2)23-17)10-25-6-5-16(24-25)13-3-4-14(8-20)15(19)7-13/h3-7,9,11H,10H2,1-2H3,(H,21,23)(H,22,26). The summed E-state index contributed by atoms with van der Waals surface area (Å²) in [5, 5.41) is 16.7. The number of rotatable bonds is 5. The van der Waals surface area contributed by atoms with Crippen molar-refractivity contribution in [3.63, 3.8) is 0 Å². The van der Waals surface area contributed by atoms with E-state index in [1.54, 1.807) is 29.9 Å². The molecule has 8 heteroatoms. The Balaban J connectivity index is 1.65. The third kappa shape index (κ3) is 3.92. The molecule has 0 saturated carbocycles. The first-order valence-electron chi connectivity index (χ1n) is 8.02. The second-order valence-electron chi connectivity index (χ2n) is 5.98. The second-order valence-corrected chi connectivity index (χ2v) is 6.38. The molecule has 7 nitrogen and oxygen atoms in total. The van der Waals surface area contributed by atoms with E-state index in [9.17, 15) is 4.79 Å². The minimum atomic E-state index is -0.229. The molecule has 1 atom stereocenters. The molecule has 0 radical (unpaired) electrons. The summed E-state index contributed by atoms with van der Waals surface area (Å²) in [4.78, 5) is 19.1. The number of nitriles is 1. The van der Waals surface area contributed by atoms with Crippen LogP contribution in [0.4, 0.5) is 0 Å². The zero-order chi connectivity index (χ0) is 18.7. The summed E-state index contributed by atoms with van der Waals surface area (Å²) < 4.78 is 1.75. The molecule has 1 unspecified atom stereocenters. The normalized spacial score (nSPS) is 11.8. The molecule has 2 N–H and O–H groups in total. The molecule has 0 aliphatic heterocycles. The fraction of sp³-hybridized carbons (Fsp3) is 0.222. The van der Waals surface area contributed by atoms with Gasteiger partial charge in [0.15, 0.2) is 0 Å². The molecular weight excluding hydrogens is 352 g/mol. The maximum atomic E-state index is 12.1.